The molecule has 0 saturated heterocycles. The first-order valence-corrected chi connectivity index (χ1v) is 3.86. The van der Waals surface area contributed by atoms with Gasteiger partial charge in [0.1, 0.15) is 5.82 Å². The molecule has 1 aromatic rings. The van der Waals surface area contributed by atoms with E-state index in [0.717, 1.165) is 0 Å². The van der Waals surface area contributed by atoms with Gasteiger partial charge in [-0.3, -0.25) is 4.79 Å². The summed E-state index contributed by atoms with van der Waals surface area (Å²) in [5, 5.41) is 8.49. The lowest BCUT2D eigenvalue weighted by atomic mass is 10.1. The van der Waals surface area contributed by atoms with Crippen LogP contribution in [0.3, 0.4) is 0 Å². The summed E-state index contributed by atoms with van der Waals surface area (Å²) in [7, 11) is 0. The van der Waals surface area contributed by atoms with E-state index in [9.17, 15) is 4.79 Å². The van der Waals surface area contributed by atoms with E-state index in [1.165, 1.54) is 0 Å². The number of hydrogen-bond acceptors (Lipinski definition) is 4. The predicted octanol–water partition coefficient (Wildman–Crippen LogP) is 0.260. The summed E-state index contributed by atoms with van der Waals surface area (Å²) in [6, 6.07) is 1.07. The number of nitrogens with two attached hydrogens (primary N) is 1. The predicted molar refractivity (Wildman–Crippen MR) is 46.0 cm³/mol. The summed E-state index contributed by atoms with van der Waals surface area (Å²) in [4.78, 5) is 18.3. The van der Waals surface area contributed by atoms with Gasteiger partial charge in [0.25, 0.3) is 0 Å². The number of hydrogen-bond donors (Lipinski definition) is 2. The van der Waals surface area contributed by atoms with Gasteiger partial charge in [-0.15, -0.1) is 0 Å². The Morgan fingerprint density at radius 3 is 3.00 bits per heavy atom. The fourth-order valence-corrected chi connectivity index (χ4v) is 0.974. The molecule has 3 N–H and O–H groups in total. The molecule has 5 nitrogen and oxygen atoms in total. The second kappa shape index (κ2) is 3.95. The third-order valence-corrected chi connectivity index (χ3v) is 1.57. The Morgan fingerprint density at radius 1 is 1.77 bits per heavy atom. The van der Waals surface area contributed by atoms with Gasteiger partial charge in [-0.2, -0.15) is 0 Å². The number of nitrogens with zero attached hydrogens (tertiary/aromatic N) is 2. The summed E-state index contributed by atoms with van der Waals surface area (Å²) in [5.74, 6) is -0.331. The summed E-state index contributed by atoms with van der Waals surface area (Å²) in [6.07, 6.45) is 1.45. The fraction of sp³-hybridized carbons (Fsp3) is 0.375. The minimum atomic E-state index is -0.927. The first-order valence-electron chi connectivity index (χ1n) is 3.86. The van der Waals surface area contributed by atoms with Crippen LogP contribution in [-0.4, -0.2) is 21.0 Å². The molecule has 0 radical (unpaired) electrons. The van der Waals surface area contributed by atoms with Crippen LogP contribution in [0.25, 0.3) is 0 Å². The second-order valence-corrected chi connectivity index (χ2v) is 2.73. The lowest BCUT2D eigenvalue weighted by Crippen LogP contribution is -2.16. The van der Waals surface area contributed by atoms with E-state index < -0.39 is 12.0 Å². The maximum absolute atomic E-state index is 10.3. The van der Waals surface area contributed by atoms with Gasteiger partial charge in [0, 0.05) is 6.20 Å². The van der Waals surface area contributed by atoms with Gasteiger partial charge in [-0.1, -0.05) is 0 Å². The highest BCUT2D eigenvalue weighted by Gasteiger charge is 2.11. The Bertz CT molecular complexity index is 314. The van der Waals surface area contributed by atoms with Crippen molar-refractivity contribution in [3.63, 3.8) is 0 Å². The Morgan fingerprint density at radius 2 is 2.46 bits per heavy atom. The topological polar surface area (TPSA) is 89.1 Å². The van der Waals surface area contributed by atoms with Crippen LogP contribution in [0.5, 0.6) is 0 Å². The van der Waals surface area contributed by atoms with Crippen molar-refractivity contribution in [3.8, 4) is 0 Å². The van der Waals surface area contributed by atoms with Gasteiger partial charge >= 0.3 is 5.97 Å². The zero-order valence-corrected chi connectivity index (χ0v) is 7.27. The van der Waals surface area contributed by atoms with E-state index in [-0.39, 0.29) is 6.42 Å². The van der Waals surface area contributed by atoms with Gasteiger partial charge in [-0.25, -0.2) is 9.97 Å². The van der Waals surface area contributed by atoms with Crippen molar-refractivity contribution in [1.82, 2.24) is 9.97 Å². The molecular formula is C8H11N3O2. The van der Waals surface area contributed by atoms with Crippen LogP contribution in [0, 0.1) is 6.92 Å². The minimum absolute atomic E-state index is 0.115. The van der Waals surface area contributed by atoms with Crippen LogP contribution >= 0.6 is 0 Å². The third kappa shape index (κ3) is 2.79. The molecule has 0 aliphatic carbocycles. The van der Waals surface area contributed by atoms with Gasteiger partial charge in [-0.05, 0) is 13.0 Å². The van der Waals surface area contributed by atoms with Gasteiger partial charge in [0.2, 0.25) is 0 Å². The van der Waals surface area contributed by atoms with E-state index in [2.05, 4.69) is 9.97 Å². The largest absolute Gasteiger partial charge is 0.481 e. The Kier molecular flexibility index (Phi) is 2.92. The quantitative estimate of drug-likeness (QED) is 0.698. The number of carbonyl (C=O) groups is 1. The number of rotatable bonds is 3. The zero-order chi connectivity index (χ0) is 9.84. The van der Waals surface area contributed by atoms with Gasteiger partial charge in [0.15, 0.2) is 0 Å². The molecular weight excluding hydrogens is 170 g/mol. The Balaban J connectivity index is 2.76. The van der Waals surface area contributed by atoms with E-state index in [1.54, 1.807) is 19.2 Å². The number of aliphatic carboxylic acids is 1. The molecule has 1 aromatic heterocycles. The Labute approximate surface area is 75.6 Å². The molecule has 0 amide bonds. The molecule has 0 spiro atoms. The number of aromatic nitrogens is 2. The molecule has 0 aromatic carbocycles. The first-order chi connectivity index (χ1) is 6.09. The molecule has 70 valence electrons. The van der Waals surface area contributed by atoms with Crippen molar-refractivity contribution in [3.05, 3.63) is 23.8 Å². The SMILES string of the molecule is Cc1nccc([C@H](N)CC(=O)O)n1. The van der Waals surface area contributed by atoms with Crippen molar-refractivity contribution >= 4 is 5.97 Å². The van der Waals surface area contributed by atoms with E-state index in [4.69, 9.17) is 10.8 Å². The maximum atomic E-state index is 10.3. The molecule has 13 heavy (non-hydrogen) atoms. The first kappa shape index (κ1) is 9.60. The van der Waals surface area contributed by atoms with Crippen LogP contribution in [0.4, 0.5) is 0 Å². The summed E-state index contributed by atoms with van der Waals surface area (Å²) >= 11 is 0. The number of carboxylic acids is 1. The molecule has 0 fully saturated rings. The smallest absolute Gasteiger partial charge is 0.305 e. The highest BCUT2D eigenvalue weighted by atomic mass is 16.4. The molecule has 1 rings (SSSR count). The average molecular weight is 181 g/mol. The lowest BCUT2D eigenvalue weighted by molar-refractivity contribution is -0.137. The molecule has 5 heteroatoms. The standard InChI is InChI=1S/C8H11N3O2/c1-5-10-3-2-7(11-5)6(9)4-8(12)13/h2-3,6H,4,9H2,1H3,(H,12,13)/t6-/m1/s1. The Hall–Kier alpha value is -1.49. The van der Waals surface area contributed by atoms with Crippen LogP contribution in [0.2, 0.25) is 0 Å². The normalized spacial score (nSPS) is 12.5. The van der Waals surface area contributed by atoms with E-state index in [1.807, 2.05) is 0 Å². The average Bonchev–Trinajstić information content (AvgIpc) is 2.03. The summed E-state index contributed by atoms with van der Waals surface area (Å²) in [6.45, 7) is 1.73. The fourth-order valence-electron chi connectivity index (χ4n) is 0.974. The molecule has 0 unspecified atom stereocenters. The highest BCUT2D eigenvalue weighted by molar-refractivity contribution is 5.67. The summed E-state index contributed by atoms with van der Waals surface area (Å²) in [5.41, 5.74) is 6.16. The van der Waals surface area contributed by atoms with Crippen LogP contribution in [0.1, 0.15) is 24.0 Å². The van der Waals surface area contributed by atoms with E-state index >= 15 is 0 Å². The maximum Gasteiger partial charge on any atom is 0.305 e. The van der Waals surface area contributed by atoms with Crippen molar-refractivity contribution in [1.29, 1.82) is 0 Å². The monoisotopic (exact) mass is 181 g/mol. The van der Waals surface area contributed by atoms with E-state index in [0.29, 0.717) is 11.5 Å². The van der Waals surface area contributed by atoms with Crippen LogP contribution < -0.4 is 5.73 Å². The second-order valence-electron chi connectivity index (χ2n) is 2.73. The minimum Gasteiger partial charge on any atom is -0.481 e. The van der Waals surface area contributed by atoms with Crippen LogP contribution in [-0.2, 0) is 4.79 Å². The van der Waals surface area contributed by atoms with Crippen molar-refractivity contribution < 1.29 is 9.90 Å². The molecule has 0 bridgehead atoms. The number of aryl methyl sites for hydroxylation is 1. The molecule has 1 heterocycles. The van der Waals surface area contributed by atoms with Crippen LogP contribution in [0.15, 0.2) is 12.3 Å². The highest BCUT2D eigenvalue weighted by Crippen LogP contribution is 2.09. The van der Waals surface area contributed by atoms with Crippen molar-refractivity contribution in [2.45, 2.75) is 19.4 Å². The van der Waals surface area contributed by atoms with Crippen molar-refractivity contribution in [2.75, 3.05) is 0 Å². The van der Waals surface area contributed by atoms with Gasteiger partial charge < -0.3 is 10.8 Å². The molecule has 0 aliphatic rings. The number of carboxylic acid groups (broad SMARTS) is 1. The molecule has 0 saturated carbocycles. The third-order valence-electron chi connectivity index (χ3n) is 1.57. The zero-order valence-electron chi connectivity index (χ0n) is 7.27. The summed E-state index contributed by atoms with van der Waals surface area (Å²) < 4.78 is 0. The molecule has 0 aliphatic heterocycles. The van der Waals surface area contributed by atoms with Crippen molar-refractivity contribution in [2.24, 2.45) is 5.73 Å². The van der Waals surface area contributed by atoms with Gasteiger partial charge in [0.05, 0.1) is 18.2 Å². The lowest BCUT2D eigenvalue weighted by Gasteiger charge is -2.07. The molecule has 1 atom stereocenters.